The molecule has 6 heteroatoms. The van der Waals surface area contributed by atoms with E-state index >= 15 is 0 Å². The van der Waals surface area contributed by atoms with Gasteiger partial charge in [-0.25, -0.2) is 0 Å². The highest BCUT2D eigenvalue weighted by molar-refractivity contribution is 7.85. The predicted octanol–water partition coefficient (Wildman–Crippen LogP) is 1.56. The first-order chi connectivity index (χ1) is 8.01. The van der Waals surface area contributed by atoms with Crippen molar-refractivity contribution in [2.45, 2.75) is 0 Å². The molecule has 0 aromatic heterocycles. The number of rotatable bonds is 4. The molecule has 1 aromatic rings. The van der Waals surface area contributed by atoms with Crippen molar-refractivity contribution in [3.05, 3.63) is 42.0 Å². The topological polar surface area (TPSA) is 79.5 Å². The third-order valence-electron chi connectivity index (χ3n) is 1.62. The molecule has 17 heavy (non-hydrogen) atoms. The third kappa shape index (κ3) is 5.49. The van der Waals surface area contributed by atoms with Gasteiger partial charge in [0.1, 0.15) is 6.07 Å². The lowest BCUT2D eigenvalue weighted by molar-refractivity contribution is 0.344. The van der Waals surface area contributed by atoms with Gasteiger partial charge in [-0.05, 0) is 11.6 Å². The van der Waals surface area contributed by atoms with Crippen molar-refractivity contribution in [1.82, 2.24) is 0 Å². The van der Waals surface area contributed by atoms with Crippen molar-refractivity contribution < 1.29 is 12.7 Å². The highest BCUT2D eigenvalue weighted by Gasteiger charge is 2.00. The summed E-state index contributed by atoms with van der Waals surface area (Å²) in [4.78, 5) is 0. The summed E-state index contributed by atoms with van der Waals surface area (Å²) in [5.41, 5.74) is 0.745. The molecule has 88 valence electrons. The Bertz CT molecular complexity index is 568. The average Bonchev–Trinajstić information content (AvgIpc) is 2.29. The molecule has 1 aromatic carbocycles. The van der Waals surface area contributed by atoms with Crippen LogP contribution in [0, 0.1) is 11.3 Å². The van der Waals surface area contributed by atoms with E-state index in [-0.39, 0.29) is 5.71 Å². The van der Waals surface area contributed by atoms with Gasteiger partial charge in [0.25, 0.3) is 0 Å². The number of hydrogen-bond donors (Lipinski definition) is 0. The fourth-order valence-electron chi connectivity index (χ4n) is 0.935. The standard InChI is InChI=1S/C11H10N2O3S/c1-17(14,15)16-13-11(9-12)8-7-10-5-3-2-4-6-10/h2-8H,1H3/b8-7+,13-11?. The number of nitrogens with zero attached hydrogens (tertiary/aromatic N) is 2. The van der Waals surface area contributed by atoms with Crippen LogP contribution in [-0.2, 0) is 14.4 Å². The molecular weight excluding hydrogens is 240 g/mol. The maximum atomic E-state index is 10.7. The van der Waals surface area contributed by atoms with Crippen molar-refractivity contribution in [2.75, 3.05) is 6.26 Å². The van der Waals surface area contributed by atoms with Crippen LogP contribution in [0.4, 0.5) is 0 Å². The fraction of sp³-hybridized carbons (Fsp3) is 0.0909. The molecule has 0 atom stereocenters. The van der Waals surface area contributed by atoms with E-state index < -0.39 is 10.1 Å². The van der Waals surface area contributed by atoms with Gasteiger partial charge in [0.15, 0.2) is 5.71 Å². The van der Waals surface area contributed by atoms with Crippen molar-refractivity contribution in [2.24, 2.45) is 5.16 Å². The smallest absolute Gasteiger partial charge is 0.267 e. The van der Waals surface area contributed by atoms with Crippen molar-refractivity contribution in [3.8, 4) is 6.07 Å². The Morgan fingerprint density at radius 1 is 1.41 bits per heavy atom. The molecule has 0 saturated carbocycles. The van der Waals surface area contributed by atoms with E-state index in [9.17, 15) is 8.42 Å². The maximum absolute atomic E-state index is 10.7. The quantitative estimate of drug-likeness (QED) is 0.600. The SMILES string of the molecule is CS(=O)(=O)ON=C(C#N)/C=C/c1ccccc1. The van der Waals surface area contributed by atoms with Crippen LogP contribution in [0.1, 0.15) is 5.56 Å². The number of benzene rings is 1. The van der Waals surface area contributed by atoms with E-state index in [1.165, 1.54) is 6.08 Å². The van der Waals surface area contributed by atoms with E-state index in [2.05, 4.69) is 9.44 Å². The number of allylic oxidation sites excluding steroid dienone is 1. The first kappa shape index (κ1) is 12.9. The highest BCUT2D eigenvalue weighted by Crippen LogP contribution is 2.01. The molecule has 5 nitrogen and oxygen atoms in total. The molecule has 0 aliphatic heterocycles. The molecule has 0 radical (unpaired) electrons. The van der Waals surface area contributed by atoms with Crippen LogP contribution >= 0.6 is 0 Å². The summed E-state index contributed by atoms with van der Waals surface area (Å²) >= 11 is 0. The van der Waals surface area contributed by atoms with Gasteiger partial charge in [-0.15, -0.1) is 0 Å². The summed E-state index contributed by atoms with van der Waals surface area (Å²) in [5, 5.41) is 11.9. The fourth-order valence-corrected chi connectivity index (χ4v) is 1.15. The summed E-state index contributed by atoms with van der Waals surface area (Å²) < 4.78 is 25.5. The zero-order valence-electron chi connectivity index (χ0n) is 9.07. The molecule has 0 spiro atoms. The van der Waals surface area contributed by atoms with Crippen molar-refractivity contribution in [1.29, 1.82) is 5.26 Å². The van der Waals surface area contributed by atoms with E-state index in [0.717, 1.165) is 11.8 Å². The molecule has 0 aliphatic carbocycles. The lowest BCUT2D eigenvalue weighted by Gasteiger charge is -1.93. The molecule has 0 unspecified atom stereocenters. The van der Waals surface area contributed by atoms with E-state index in [1.807, 2.05) is 30.3 Å². The van der Waals surface area contributed by atoms with E-state index in [4.69, 9.17) is 5.26 Å². The second kappa shape index (κ2) is 5.82. The summed E-state index contributed by atoms with van der Waals surface area (Å²) in [6.45, 7) is 0. The van der Waals surface area contributed by atoms with Crippen LogP contribution in [0.3, 0.4) is 0 Å². The molecule has 0 bridgehead atoms. The minimum atomic E-state index is -3.68. The van der Waals surface area contributed by atoms with Crippen LogP contribution in [0.5, 0.6) is 0 Å². The van der Waals surface area contributed by atoms with Gasteiger partial charge in [0.05, 0.1) is 6.26 Å². The molecule has 0 aliphatic rings. The zero-order valence-corrected chi connectivity index (χ0v) is 9.89. The molecule has 0 saturated heterocycles. The van der Waals surface area contributed by atoms with Gasteiger partial charge in [0.2, 0.25) is 0 Å². The Hall–Kier alpha value is -2.13. The summed E-state index contributed by atoms with van der Waals surface area (Å²) in [6, 6.07) is 10.9. The first-order valence-corrected chi connectivity index (χ1v) is 6.43. The van der Waals surface area contributed by atoms with Crippen LogP contribution in [0.15, 0.2) is 41.6 Å². The zero-order chi connectivity index (χ0) is 12.7. The molecule has 0 heterocycles. The Morgan fingerprint density at radius 3 is 2.59 bits per heavy atom. The van der Waals surface area contributed by atoms with E-state index in [0.29, 0.717) is 0 Å². The first-order valence-electron chi connectivity index (χ1n) is 4.61. The monoisotopic (exact) mass is 250 g/mol. The van der Waals surface area contributed by atoms with Gasteiger partial charge >= 0.3 is 10.1 Å². The Balaban J connectivity index is 2.79. The van der Waals surface area contributed by atoms with E-state index in [1.54, 1.807) is 12.1 Å². The number of oxime groups is 1. The predicted molar refractivity (Wildman–Crippen MR) is 64.5 cm³/mol. The maximum Gasteiger partial charge on any atom is 0.325 e. The normalized spacial score (nSPS) is 12.4. The molecule has 1 rings (SSSR count). The molecule has 0 N–H and O–H groups in total. The van der Waals surface area contributed by atoms with Crippen molar-refractivity contribution >= 4 is 21.9 Å². The minimum Gasteiger partial charge on any atom is -0.267 e. The largest absolute Gasteiger partial charge is 0.325 e. The van der Waals surface area contributed by atoms with Crippen LogP contribution in [0.2, 0.25) is 0 Å². The van der Waals surface area contributed by atoms with Crippen LogP contribution in [-0.4, -0.2) is 20.4 Å². The average molecular weight is 250 g/mol. The van der Waals surface area contributed by atoms with Gasteiger partial charge in [-0.1, -0.05) is 41.6 Å². The number of hydrogen-bond acceptors (Lipinski definition) is 5. The lowest BCUT2D eigenvalue weighted by Crippen LogP contribution is -1.99. The van der Waals surface area contributed by atoms with Gasteiger partial charge in [-0.3, -0.25) is 4.28 Å². The lowest BCUT2D eigenvalue weighted by atomic mass is 10.2. The third-order valence-corrected chi connectivity index (χ3v) is 1.96. The molecule has 0 amide bonds. The molecular formula is C11H10N2O3S. The highest BCUT2D eigenvalue weighted by atomic mass is 32.2. The summed E-state index contributed by atoms with van der Waals surface area (Å²) in [6.07, 6.45) is 3.86. The Labute approximate surface area is 99.8 Å². The summed E-state index contributed by atoms with van der Waals surface area (Å²) in [7, 11) is -3.68. The second-order valence-corrected chi connectivity index (χ2v) is 4.67. The van der Waals surface area contributed by atoms with Gasteiger partial charge in [-0.2, -0.15) is 13.7 Å². The minimum absolute atomic E-state index is 0.126. The van der Waals surface area contributed by atoms with Crippen LogP contribution in [0.25, 0.3) is 6.08 Å². The number of nitriles is 1. The van der Waals surface area contributed by atoms with Gasteiger partial charge < -0.3 is 0 Å². The van der Waals surface area contributed by atoms with Gasteiger partial charge in [0, 0.05) is 0 Å². The summed E-state index contributed by atoms with van der Waals surface area (Å²) in [5.74, 6) is 0. The Morgan fingerprint density at radius 2 is 2.06 bits per heavy atom. The Kier molecular flexibility index (Phi) is 4.43. The van der Waals surface area contributed by atoms with Crippen molar-refractivity contribution in [3.63, 3.8) is 0 Å². The molecule has 0 fully saturated rings. The second-order valence-electron chi connectivity index (χ2n) is 3.11. The van der Waals surface area contributed by atoms with Crippen LogP contribution < -0.4 is 0 Å².